The van der Waals surface area contributed by atoms with E-state index in [2.05, 4.69) is 16.8 Å². The van der Waals surface area contributed by atoms with E-state index in [9.17, 15) is 0 Å². The lowest BCUT2D eigenvalue weighted by molar-refractivity contribution is 0.773. The Bertz CT molecular complexity index is 289. The minimum atomic E-state index is 0.640. The molecule has 0 saturated carbocycles. The second-order valence-electron chi connectivity index (χ2n) is 3.09. The lowest BCUT2D eigenvalue weighted by atomic mass is 10.4. The van der Waals surface area contributed by atoms with Crippen molar-refractivity contribution in [2.75, 3.05) is 23.7 Å². The summed E-state index contributed by atoms with van der Waals surface area (Å²) in [5.74, 6) is 2.23. The van der Waals surface area contributed by atoms with Gasteiger partial charge in [0.2, 0.25) is 0 Å². The minimum Gasteiger partial charge on any atom is -0.354 e. The van der Waals surface area contributed by atoms with Gasteiger partial charge in [-0.2, -0.15) is 11.8 Å². The molecule has 2 nitrogen and oxygen atoms in total. The van der Waals surface area contributed by atoms with Crippen LogP contribution in [0.1, 0.15) is 6.92 Å². The van der Waals surface area contributed by atoms with Crippen LogP contribution in [0.2, 0.25) is 4.47 Å². The third-order valence-corrected chi connectivity index (χ3v) is 4.13. The zero-order valence-corrected chi connectivity index (χ0v) is 9.75. The van der Waals surface area contributed by atoms with E-state index in [4.69, 9.17) is 11.6 Å². The van der Waals surface area contributed by atoms with Crippen LogP contribution in [0, 0.1) is 0 Å². The van der Waals surface area contributed by atoms with Crippen molar-refractivity contribution in [1.29, 1.82) is 0 Å². The Morgan fingerprint density at radius 2 is 2.54 bits per heavy atom. The van der Waals surface area contributed by atoms with Gasteiger partial charge in [-0.05, 0) is 0 Å². The van der Waals surface area contributed by atoms with Crippen LogP contribution in [-0.4, -0.2) is 29.1 Å². The van der Waals surface area contributed by atoms with Crippen LogP contribution in [0.15, 0.2) is 5.38 Å². The molecule has 1 atom stereocenters. The first-order valence-electron chi connectivity index (χ1n) is 4.23. The molecule has 0 amide bonds. The lowest BCUT2D eigenvalue weighted by Crippen LogP contribution is -2.36. The van der Waals surface area contributed by atoms with Crippen molar-refractivity contribution in [2.24, 2.45) is 0 Å². The average Bonchev–Trinajstić information content (AvgIpc) is 2.52. The maximum absolute atomic E-state index is 5.79. The van der Waals surface area contributed by atoms with Gasteiger partial charge in [0.25, 0.3) is 0 Å². The van der Waals surface area contributed by atoms with Crippen LogP contribution in [0.4, 0.5) is 5.82 Å². The molecule has 1 unspecified atom stereocenters. The summed E-state index contributed by atoms with van der Waals surface area (Å²) in [5.41, 5.74) is 0. The fourth-order valence-corrected chi connectivity index (χ4v) is 3.20. The SMILES string of the molecule is CC1CN(c2csc(Cl)n2)CCS1. The molecule has 1 saturated heterocycles. The van der Waals surface area contributed by atoms with Crippen LogP contribution in [0.5, 0.6) is 0 Å². The van der Waals surface area contributed by atoms with Gasteiger partial charge >= 0.3 is 0 Å². The minimum absolute atomic E-state index is 0.640. The molecule has 0 bridgehead atoms. The van der Waals surface area contributed by atoms with Gasteiger partial charge in [0.05, 0.1) is 0 Å². The van der Waals surface area contributed by atoms with Gasteiger partial charge in [-0.1, -0.05) is 18.5 Å². The monoisotopic (exact) mass is 234 g/mol. The van der Waals surface area contributed by atoms with Crippen molar-refractivity contribution >= 4 is 40.5 Å². The van der Waals surface area contributed by atoms with Crippen molar-refractivity contribution in [2.45, 2.75) is 12.2 Å². The second kappa shape index (κ2) is 4.07. The van der Waals surface area contributed by atoms with E-state index in [-0.39, 0.29) is 0 Å². The van der Waals surface area contributed by atoms with E-state index in [1.54, 1.807) is 0 Å². The number of aromatic nitrogens is 1. The summed E-state index contributed by atoms with van der Waals surface area (Å²) in [6, 6.07) is 0. The van der Waals surface area contributed by atoms with Crippen molar-refractivity contribution < 1.29 is 0 Å². The van der Waals surface area contributed by atoms with Gasteiger partial charge in [-0.25, -0.2) is 4.98 Å². The van der Waals surface area contributed by atoms with Crippen LogP contribution in [-0.2, 0) is 0 Å². The van der Waals surface area contributed by atoms with Gasteiger partial charge in [0.1, 0.15) is 5.82 Å². The van der Waals surface area contributed by atoms with Crippen molar-refractivity contribution in [3.05, 3.63) is 9.85 Å². The zero-order valence-electron chi connectivity index (χ0n) is 7.36. The summed E-state index contributed by atoms with van der Waals surface area (Å²) in [7, 11) is 0. The molecule has 0 spiro atoms. The second-order valence-corrected chi connectivity index (χ2v) is 6.07. The molecule has 2 heterocycles. The molecule has 5 heteroatoms. The highest BCUT2D eigenvalue weighted by Gasteiger charge is 2.18. The molecule has 0 aliphatic carbocycles. The van der Waals surface area contributed by atoms with E-state index in [0.717, 1.165) is 18.9 Å². The molecule has 2 rings (SSSR count). The van der Waals surface area contributed by atoms with Crippen LogP contribution >= 0.6 is 34.7 Å². The Morgan fingerprint density at radius 3 is 3.15 bits per heavy atom. The molecule has 1 aromatic rings. The van der Waals surface area contributed by atoms with Crippen molar-refractivity contribution in [3.8, 4) is 0 Å². The van der Waals surface area contributed by atoms with Gasteiger partial charge in [0.15, 0.2) is 4.47 Å². The highest BCUT2D eigenvalue weighted by atomic mass is 35.5. The molecule has 1 aliphatic rings. The van der Waals surface area contributed by atoms with Crippen LogP contribution < -0.4 is 4.90 Å². The van der Waals surface area contributed by atoms with Gasteiger partial charge in [0, 0.05) is 29.5 Å². The standard InChI is InChI=1S/C8H11ClN2S2/c1-6-4-11(2-3-12-6)7-5-13-8(9)10-7/h5-6H,2-4H2,1H3. The summed E-state index contributed by atoms with van der Waals surface area (Å²) in [4.78, 5) is 6.58. The van der Waals surface area contributed by atoms with Gasteiger partial charge in [-0.15, -0.1) is 11.3 Å². The highest BCUT2D eigenvalue weighted by molar-refractivity contribution is 8.00. The summed E-state index contributed by atoms with van der Waals surface area (Å²) < 4.78 is 0.640. The molecule has 0 N–H and O–H groups in total. The Morgan fingerprint density at radius 1 is 1.69 bits per heavy atom. The van der Waals surface area contributed by atoms with E-state index in [0.29, 0.717) is 9.72 Å². The number of thiazole rings is 1. The first-order chi connectivity index (χ1) is 6.25. The molecule has 1 aromatic heterocycles. The Hall–Kier alpha value is 0.0700. The number of hydrogen-bond donors (Lipinski definition) is 0. The molecule has 72 valence electrons. The molecular formula is C8H11ClN2S2. The maximum Gasteiger partial charge on any atom is 0.185 e. The fourth-order valence-electron chi connectivity index (χ4n) is 1.42. The van der Waals surface area contributed by atoms with E-state index < -0.39 is 0 Å². The zero-order chi connectivity index (χ0) is 9.26. The lowest BCUT2D eigenvalue weighted by Gasteiger charge is -2.30. The van der Waals surface area contributed by atoms with Gasteiger partial charge in [-0.3, -0.25) is 0 Å². The molecule has 1 aliphatic heterocycles. The first-order valence-corrected chi connectivity index (χ1v) is 6.54. The maximum atomic E-state index is 5.79. The van der Waals surface area contributed by atoms with Crippen molar-refractivity contribution in [1.82, 2.24) is 4.98 Å². The van der Waals surface area contributed by atoms with Crippen LogP contribution in [0.3, 0.4) is 0 Å². The van der Waals surface area contributed by atoms with Crippen LogP contribution in [0.25, 0.3) is 0 Å². The largest absolute Gasteiger partial charge is 0.354 e. The number of thioether (sulfide) groups is 1. The quantitative estimate of drug-likeness (QED) is 0.744. The van der Waals surface area contributed by atoms with Crippen molar-refractivity contribution in [3.63, 3.8) is 0 Å². The topological polar surface area (TPSA) is 16.1 Å². The first kappa shape index (κ1) is 9.62. The molecule has 13 heavy (non-hydrogen) atoms. The van der Waals surface area contributed by atoms with E-state index in [1.807, 2.05) is 17.1 Å². The molecule has 0 radical (unpaired) electrons. The number of halogens is 1. The highest BCUT2D eigenvalue weighted by Crippen LogP contribution is 2.26. The Balaban J connectivity index is 2.08. The number of rotatable bonds is 1. The smallest absolute Gasteiger partial charge is 0.185 e. The molecular weight excluding hydrogens is 224 g/mol. The number of anilines is 1. The Labute approximate surface area is 91.3 Å². The average molecular weight is 235 g/mol. The Kier molecular flexibility index (Phi) is 3.01. The number of hydrogen-bond acceptors (Lipinski definition) is 4. The summed E-state index contributed by atoms with van der Waals surface area (Å²) in [6.45, 7) is 4.44. The summed E-state index contributed by atoms with van der Waals surface area (Å²) >= 11 is 9.32. The summed E-state index contributed by atoms with van der Waals surface area (Å²) in [6.07, 6.45) is 0. The van der Waals surface area contributed by atoms with E-state index in [1.165, 1.54) is 17.1 Å². The predicted octanol–water partition coefficient (Wildman–Crippen LogP) is 2.74. The summed E-state index contributed by atoms with van der Waals surface area (Å²) in [5, 5.41) is 2.74. The molecule has 1 fully saturated rings. The normalized spacial score (nSPS) is 23.5. The predicted molar refractivity (Wildman–Crippen MR) is 61.3 cm³/mol. The molecule has 0 aromatic carbocycles. The third-order valence-electron chi connectivity index (χ3n) is 2.03. The van der Waals surface area contributed by atoms with Gasteiger partial charge < -0.3 is 4.90 Å². The fraction of sp³-hybridized carbons (Fsp3) is 0.625. The number of nitrogens with zero attached hydrogens (tertiary/aromatic N) is 2. The third kappa shape index (κ3) is 2.30. The van der Waals surface area contributed by atoms with E-state index >= 15 is 0 Å².